The number of nitrogens with zero attached hydrogens (tertiary/aromatic N) is 4. The summed E-state index contributed by atoms with van der Waals surface area (Å²) in [7, 11) is 3.47. The van der Waals surface area contributed by atoms with Crippen LogP contribution in [0.4, 0.5) is 5.82 Å². The predicted octanol–water partition coefficient (Wildman–Crippen LogP) is 2.95. The summed E-state index contributed by atoms with van der Waals surface area (Å²) in [5, 5.41) is 9.02. The van der Waals surface area contributed by atoms with Crippen LogP contribution in [0.15, 0.2) is 24.4 Å². The predicted molar refractivity (Wildman–Crippen MR) is 86.4 cm³/mol. The highest BCUT2D eigenvalue weighted by atomic mass is 35.5. The summed E-state index contributed by atoms with van der Waals surface area (Å²) in [6, 6.07) is 5.66. The highest BCUT2D eigenvalue weighted by Gasteiger charge is 2.11. The number of aromatic nitrogens is 4. The van der Waals surface area contributed by atoms with Gasteiger partial charge in [0.25, 0.3) is 0 Å². The van der Waals surface area contributed by atoms with Gasteiger partial charge in [-0.05, 0) is 13.0 Å². The SMILES string of the molecule is COc1c(Cl)cccc1CNc1nc(C)nc2c1cnn2C. The quantitative estimate of drug-likeness (QED) is 0.801. The van der Waals surface area contributed by atoms with Crippen molar-refractivity contribution >= 4 is 28.5 Å². The Morgan fingerprint density at radius 2 is 2.14 bits per heavy atom. The molecule has 3 rings (SSSR count). The van der Waals surface area contributed by atoms with E-state index in [0.717, 1.165) is 22.4 Å². The topological polar surface area (TPSA) is 64.9 Å². The third-order valence-corrected chi connectivity index (χ3v) is 3.70. The Bertz CT molecular complexity index is 830. The number of aryl methyl sites for hydroxylation is 2. The van der Waals surface area contributed by atoms with Gasteiger partial charge in [-0.15, -0.1) is 0 Å². The zero-order valence-electron chi connectivity index (χ0n) is 12.6. The Morgan fingerprint density at radius 1 is 1.32 bits per heavy atom. The number of hydrogen-bond donors (Lipinski definition) is 1. The second-order valence-electron chi connectivity index (χ2n) is 4.91. The summed E-state index contributed by atoms with van der Waals surface area (Å²) >= 11 is 6.14. The van der Waals surface area contributed by atoms with Crippen LogP contribution in [0.3, 0.4) is 0 Å². The van der Waals surface area contributed by atoms with Crippen molar-refractivity contribution < 1.29 is 4.74 Å². The minimum atomic E-state index is 0.546. The molecular weight excluding hydrogens is 302 g/mol. The van der Waals surface area contributed by atoms with Crippen molar-refractivity contribution in [3.8, 4) is 5.75 Å². The molecule has 6 nitrogen and oxygen atoms in total. The molecule has 1 N–H and O–H groups in total. The fourth-order valence-corrected chi connectivity index (χ4v) is 2.64. The fraction of sp³-hybridized carbons (Fsp3) is 0.267. The highest BCUT2D eigenvalue weighted by molar-refractivity contribution is 6.32. The summed E-state index contributed by atoms with van der Waals surface area (Å²) in [4.78, 5) is 8.86. The first-order chi connectivity index (χ1) is 10.6. The summed E-state index contributed by atoms with van der Waals surface area (Å²) < 4.78 is 7.09. The number of methoxy groups -OCH3 is 1. The van der Waals surface area contributed by atoms with Gasteiger partial charge >= 0.3 is 0 Å². The van der Waals surface area contributed by atoms with Gasteiger partial charge in [0.05, 0.1) is 23.7 Å². The van der Waals surface area contributed by atoms with Crippen LogP contribution >= 0.6 is 11.6 Å². The second-order valence-corrected chi connectivity index (χ2v) is 5.32. The maximum Gasteiger partial charge on any atom is 0.163 e. The molecule has 0 aliphatic rings. The molecule has 22 heavy (non-hydrogen) atoms. The highest BCUT2D eigenvalue weighted by Crippen LogP contribution is 2.29. The van der Waals surface area contributed by atoms with Crippen LogP contribution in [0, 0.1) is 6.92 Å². The molecule has 0 radical (unpaired) electrons. The molecule has 0 aliphatic heterocycles. The van der Waals surface area contributed by atoms with E-state index in [2.05, 4.69) is 20.4 Å². The summed E-state index contributed by atoms with van der Waals surface area (Å²) in [6.07, 6.45) is 1.76. The molecular formula is C15H16ClN5O. The number of halogens is 1. The third kappa shape index (κ3) is 2.57. The summed E-state index contributed by atoms with van der Waals surface area (Å²) in [5.74, 6) is 2.11. The first-order valence-corrected chi connectivity index (χ1v) is 7.19. The largest absolute Gasteiger partial charge is 0.495 e. The molecule has 0 aliphatic carbocycles. The average molecular weight is 318 g/mol. The number of rotatable bonds is 4. The number of para-hydroxylation sites is 1. The second kappa shape index (κ2) is 5.81. The van der Waals surface area contributed by atoms with E-state index in [4.69, 9.17) is 16.3 Å². The summed E-state index contributed by atoms with van der Waals surface area (Å²) in [6.45, 7) is 2.40. The van der Waals surface area contributed by atoms with E-state index in [1.807, 2.05) is 26.1 Å². The molecule has 0 unspecified atom stereocenters. The minimum absolute atomic E-state index is 0.546. The maximum absolute atomic E-state index is 6.14. The standard InChI is InChI=1S/C15H16ClN5O/c1-9-19-14(11-8-18-21(2)15(11)20-9)17-7-10-5-4-6-12(16)13(10)22-3/h4-6,8H,7H2,1-3H3,(H,17,19,20). The van der Waals surface area contributed by atoms with Crippen LogP contribution in [-0.2, 0) is 13.6 Å². The van der Waals surface area contributed by atoms with Crippen molar-refractivity contribution in [2.45, 2.75) is 13.5 Å². The minimum Gasteiger partial charge on any atom is -0.495 e. The Labute approximate surface area is 133 Å². The van der Waals surface area contributed by atoms with Gasteiger partial charge in [0.15, 0.2) is 5.65 Å². The molecule has 3 aromatic rings. The van der Waals surface area contributed by atoms with Crippen LogP contribution in [0.2, 0.25) is 5.02 Å². The van der Waals surface area contributed by atoms with Crippen molar-refractivity contribution in [3.05, 3.63) is 40.8 Å². The van der Waals surface area contributed by atoms with E-state index in [-0.39, 0.29) is 0 Å². The fourth-order valence-electron chi connectivity index (χ4n) is 2.37. The first kappa shape index (κ1) is 14.6. The molecule has 2 heterocycles. The normalized spacial score (nSPS) is 10.9. The zero-order chi connectivity index (χ0) is 15.7. The molecule has 0 spiro atoms. The Kier molecular flexibility index (Phi) is 3.85. The van der Waals surface area contributed by atoms with Crippen LogP contribution in [0.25, 0.3) is 11.0 Å². The lowest BCUT2D eigenvalue weighted by molar-refractivity contribution is 0.410. The van der Waals surface area contributed by atoms with Crippen LogP contribution in [0.5, 0.6) is 5.75 Å². The Morgan fingerprint density at radius 3 is 2.91 bits per heavy atom. The summed E-state index contributed by atoms with van der Waals surface area (Å²) in [5.41, 5.74) is 1.76. The smallest absolute Gasteiger partial charge is 0.163 e. The molecule has 0 saturated heterocycles. The number of hydrogen-bond acceptors (Lipinski definition) is 5. The van der Waals surface area contributed by atoms with E-state index >= 15 is 0 Å². The first-order valence-electron chi connectivity index (χ1n) is 6.81. The van der Waals surface area contributed by atoms with Gasteiger partial charge < -0.3 is 10.1 Å². The Hall–Kier alpha value is -2.34. The van der Waals surface area contributed by atoms with Crippen LogP contribution < -0.4 is 10.1 Å². The van der Waals surface area contributed by atoms with Gasteiger partial charge in [-0.25, -0.2) is 9.97 Å². The molecule has 0 fully saturated rings. The maximum atomic E-state index is 6.14. The molecule has 0 amide bonds. The molecule has 0 saturated carbocycles. The number of nitrogens with one attached hydrogen (secondary N) is 1. The zero-order valence-corrected chi connectivity index (χ0v) is 13.3. The van der Waals surface area contributed by atoms with Crippen molar-refractivity contribution in [2.75, 3.05) is 12.4 Å². The van der Waals surface area contributed by atoms with Gasteiger partial charge in [-0.2, -0.15) is 5.10 Å². The van der Waals surface area contributed by atoms with E-state index < -0.39 is 0 Å². The molecule has 7 heteroatoms. The monoisotopic (exact) mass is 317 g/mol. The van der Waals surface area contributed by atoms with Crippen molar-refractivity contribution in [1.29, 1.82) is 0 Å². The van der Waals surface area contributed by atoms with Crippen molar-refractivity contribution in [2.24, 2.45) is 7.05 Å². The van der Waals surface area contributed by atoms with Crippen LogP contribution in [0.1, 0.15) is 11.4 Å². The van der Waals surface area contributed by atoms with Crippen LogP contribution in [-0.4, -0.2) is 26.9 Å². The average Bonchev–Trinajstić information content (AvgIpc) is 2.86. The van der Waals surface area contributed by atoms with Gasteiger partial charge in [-0.1, -0.05) is 23.7 Å². The molecule has 114 valence electrons. The van der Waals surface area contributed by atoms with E-state index in [0.29, 0.717) is 23.1 Å². The van der Waals surface area contributed by atoms with Crippen molar-refractivity contribution in [3.63, 3.8) is 0 Å². The van der Waals surface area contributed by atoms with Gasteiger partial charge in [-0.3, -0.25) is 4.68 Å². The number of fused-ring (bicyclic) bond motifs is 1. The van der Waals surface area contributed by atoms with Gasteiger partial charge in [0.1, 0.15) is 17.4 Å². The van der Waals surface area contributed by atoms with E-state index in [9.17, 15) is 0 Å². The molecule has 0 bridgehead atoms. The lowest BCUT2D eigenvalue weighted by Crippen LogP contribution is -2.06. The van der Waals surface area contributed by atoms with E-state index in [1.165, 1.54) is 0 Å². The molecule has 0 atom stereocenters. The van der Waals surface area contributed by atoms with E-state index in [1.54, 1.807) is 24.1 Å². The number of anilines is 1. The lowest BCUT2D eigenvalue weighted by atomic mass is 10.2. The number of benzene rings is 1. The van der Waals surface area contributed by atoms with Gasteiger partial charge in [0, 0.05) is 19.2 Å². The molecule has 2 aromatic heterocycles. The van der Waals surface area contributed by atoms with Gasteiger partial charge in [0.2, 0.25) is 0 Å². The van der Waals surface area contributed by atoms with Crippen molar-refractivity contribution in [1.82, 2.24) is 19.7 Å². The molecule has 1 aromatic carbocycles. The third-order valence-electron chi connectivity index (χ3n) is 3.40. The lowest BCUT2D eigenvalue weighted by Gasteiger charge is -2.12. The Balaban J connectivity index is 1.93. The number of ether oxygens (including phenoxy) is 1.